The van der Waals surface area contributed by atoms with Gasteiger partial charge in [-0.25, -0.2) is 0 Å². The molecule has 4 heteroatoms. The average molecular weight is 349 g/mol. The van der Waals surface area contributed by atoms with Crippen molar-refractivity contribution in [2.45, 2.75) is 53.9 Å². The first-order valence-corrected chi connectivity index (χ1v) is 9.77. The number of rotatable bonds is 7. The second-order valence-electron chi connectivity index (χ2n) is 7.08. The van der Waals surface area contributed by atoms with E-state index in [4.69, 9.17) is 14.9 Å². The van der Waals surface area contributed by atoms with E-state index in [1.165, 1.54) is 36.0 Å². The van der Waals surface area contributed by atoms with E-state index in [1.807, 2.05) is 25.2 Å². The predicted molar refractivity (Wildman–Crippen MR) is 105 cm³/mol. The number of nitrogens with two attached hydrogens (primary N) is 1. The Morgan fingerprint density at radius 2 is 2.00 bits per heavy atom. The van der Waals surface area contributed by atoms with Crippen LogP contribution in [-0.2, 0) is 4.52 Å². The molecule has 1 unspecified atom stereocenters. The molecule has 0 amide bonds. The van der Waals surface area contributed by atoms with Crippen LogP contribution in [0.25, 0.3) is 0 Å². The first kappa shape index (κ1) is 21.1. The normalized spacial score (nSPS) is 21.1. The summed E-state index contributed by atoms with van der Waals surface area (Å²) >= 11 is 0. The van der Waals surface area contributed by atoms with Crippen molar-refractivity contribution >= 4 is 8.53 Å². The number of hydrogen-bond donors (Lipinski definition) is 2. The Balaban J connectivity index is 2.65. The van der Waals surface area contributed by atoms with Crippen molar-refractivity contribution in [1.82, 2.24) is 0 Å². The Morgan fingerprint density at radius 1 is 1.29 bits per heavy atom. The van der Waals surface area contributed by atoms with E-state index in [1.54, 1.807) is 0 Å². The molecule has 0 aromatic carbocycles. The lowest BCUT2D eigenvalue weighted by Crippen LogP contribution is -2.19. The van der Waals surface area contributed by atoms with Gasteiger partial charge < -0.3 is 9.42 Å². The van der Waals surface area contributed by atoms with Crippen LogP contribution in [0, 0.1) is 5.41 Å². The minimum absolute atomic E-state index is 0.281. The minimum atomic E-state index is -1.77. The monoisotopic (exact) mass is 349 g/mol. The van der Waals surface area contributed by atoms with Crippen LogP contribution in [0.2, 0.25) is 0 Å². The molecule has 1 rings (SSSR count). The van der Waals surface area contributed by atoms with Crippen molar-refractivity contribution in [1.29, 1.82) is 0 Å². The fraction of sp³-hybridized carbons (Fsp3) is 0.500. The molecule has 0 fully saturated rings. The summed E-state index contributed by atoms with van der Waals surface area (Å²) in [7, 11) is -1.77. The van der Waals surface area contributed by atoms with Crippen molar-refractivity contribution in [3.63, 3.8) is 0 Å². The molecule has 24 heavy (non-hydrogen) atoms. The Kier molecular flexibility index (Phi) is 8.86. The fourth-order valence-electron chi connectivity index (χ4n) is 2.95. The zero-order chi connectivity index (χ0) is 18.2. The largest absolute Gasteiger partial charge is 0.338 e. The Labute approximate surface area is 148 Å². The standard InChI is InChI=1S/C20H32NO2P/c1-16(8-6-9-17(2)13-15-23-24(21)22)11-12-19-18(3)10-7-14-20(19,4)5/h6,8-9,11-13,22H,7,10,14-15,21H2,1-5H3/b9-6+,12-11+,16-8+,17-13+. The van der Waals surface area contributed by atoms with Crippen LogP contribution in [0.15, 0.2) is 58.7 Å². The highest BCUT2D eigenvalue weighted by atomic mass is 31.2. The van der Waals surface area contributed by atoms with E-state index in [-0.39, 0.29) is 5.41 Å². The summed E-state index contributed by atoms with van der Waals surface area (Å²) in [4.78, 5) is 8.89. The van der Waals surface area contributed by atoms with Crippen LogP contribution in [0.5, 0.6) is 0 Å². The first-order valence-electron chi connectivity index (χ1n) is 8.49. The van der Waals surface area contributed by atoms with Crippen LogP contribution in [-0.4, -0.2) is 11.5 Å². The molecular formula is C20H32NO2P. The van der Waals surface area contributed by atoms with Crippen LogP contribution < -0.4 is 5.50 Å². The molecule has 1 atom stereocenters. The molecule has 0 radical (unpaired) electrons. The minimum Gasteiger partial charge on any atom is -0.338 e. The number of hydrogen-bond acceptors (Lipinski definition) is 3. The SMILES string of the molecule is CC1=C(/C=C/C(C)=C/C=C/C(C)=C/COP(N)O)C(C)(C)CCC1. The Morgan fingerprint density at radius 3 is 2.62 bits per heavy atom. The summed E-state index contributed by atoms with van der Waals surface area (Å²) < 4.78 is 4.93. The molecule has 0 heterocycles. The molecule has 0 aromatic heterocycles. The van der Waals surface area contributed by atoms with Gasteiger partial charge in [-0.3, -0.25) is 5.50 Å². The highest BCUT2D eigenvalue weighted by Crippen LogP contribution is 2.40. The highest BCUT2D eigenvalue weighted by Gasteiger charge is 2.26. The smallest absolute Gasteiger partial charge is 0.250 e. The molecule has 3 nitrogen and oxygen atoms in total. The highest BCUT2D eigenvalue weighted by molar-refractivity contribution is 7.43. The lowest BCUT2D eigenvalue weighted by Gasteiger charge is -2.32. The van der Waals surface area contributed by atoms with E-state index >= 15 is 0 Å². The predicted octanol–water partition coefficient (Wildman–Crippen LogP) is 5.71. The van der Waals surface area contributed by atoms with Gasteiger partial charge in [0.1, 0.15) is 0 Å². The lowest BCUT2D eigenvalue weighted by atomic mass is 9.72. The second kappa shape index (κ2) is 10.1. The molecule has 0 spiro atoms. The first-order chi connectivity index (χ1) is 11.2. The summed E-state index contributed by atoms with van der Waals surface area (Å²) in [5.41, 5.74) is 10.8. The van der Waals surface area contributed by atoms with Crippen molar-refractivity contribution in [3.05, 3.63) is 58.7 Å². The van der Waals surface area contributed by atoms with Crippen molar-refractivity contribution in [3.8, 4) is 0 Å². The van der Waals surface area contributed by atoms with Gasteiger partial charge in [-0.15, -0.1) is 0 Å². The molecule has 134 valence electrons. The summed E-state index contributed by atoms with van der Waals surface area (Å²) in [5.74, 6) is 0. The maximum absolute atomic E-state index is 8.89. The van der Waals surface area contributed by atoms with Gasteiger partial charge >= 0.3 is 0 Å². The fourth-order valence-corrected chi connectivity index (χ4v) is 3.17. The number of allylic oxidation sites excluding steroid dienone is 9. The lowest BCUT2D eigenvalue weighted by molar-refractivity contribution is 0.349. The molecule has 0 aromatic rings. The van der Waals surface area contributed by atoms with Crippen LogP contribution >= 0.6 is 8.53 Å². The zero-order valence-electron chi connectivity index (χ0n) is 15.7. The molecule has 0 saturated heterocycles. The van der Waals surface area contributed by atoms with Crippen molar-refractivity contribution < 1.29 is 9.42 Å². The molecule has 1 aliphatic rings. The topological polar surface area (TPSA) is 55.5 Å². The molecule has 0 saturated carbocycles. The maximum Gasteiger partial charge on any atom is 0.250 e. The van der Waals surface area contributed by atoms with E-state index in [0.29, 0.717) is 6.61 Å². The third-order valence-corrected chi connectivity index (χ3v) is 4.80. The van der Waals surface area contributed by atoms with Gasteiger partial charge in [0.05, 0.1) is 6.61 Å². The van der Waals surface area contributed by atoms with E-state index in [2.05, 4.69) is 45.9 Å². The summed E-state index contributed by atoms with van der Waals surface area (Å²) in [6, 6.07) is 0. The summed E-state index contributed by atoms with van der Waals surface area (Å²) in [6.07, 6.45) is 16.3. The van der Waals surface area contributed by atoms with Gasteiger partial charge in [-0.1, -0.05) is 67.0 Å². The third kappa shape index (κ3) is 7.72. The zero-order valence-corrected chi connectivity index (χ0v) is 16.6. The molecule has 3 N–H and O–H groups in total. The van der Waals surface area contributed by atoms with Gasteiger partial charge in [0.25, 0.3) is 0 Å². The quantitative estimate of drug-likeness (QED) is 0.457. The van der Waals surface area contributed by atoms with Crippen LogP contribution in [0.3, 0.4) is 0 Å². The van der Waals surface area contributed by atoms with Gasteiger partial charge in [0.15, 0.2) is 0 Å². The molecule has 1 aliphatic carbocycles. The van der Waals surface area contributed by atoms with Gasteiger partial charge in [0, 0.05) is 0 Å². The van der Waals surface area contributed by atoms with Gasteiger partial charge in [-0.2, -0.15) is 0 Å². The van der Waals surface area contributed by atoms with E-state index < -0.39 is 8.53 Å². The van der Waals surface area contributed by atoms with Crippen LogP contribution in [0.4, 0.5) is 0 Å². The second-order valence-corrected chi connectivity index (χ2v) is 7.94. The summed E-state index contributed by atoms with van der Waals surface area (Å²) in [5, 5.41) is 0. The molecule has 0 aliphatic heterocycles. The summed E-state index contributed by atoms with van der Waals surface area (Å²) in [6.45, 7) is 11.4. The third-order valence-electron chi connectivity index (χ3n) is 4.39. The molecule has 0 bridgehead atoms. The van der Waals surface area contributed by atoms with Gasteiger partial charge in [-0.05, 0) is 51.0 Å². The van der Waals surface area contributed by atoms with E-state index in [9.17, 15) is 0 Å². The Bertz CT molecular complexity index is 566. The van der Waals surface area contributed by atoms with Crippen molar-refractivity contribution in [2.24, 2.45) is 10.9 Å². The van der Waals surface area contributed by atoms with Crippen molar-refractivity contribution in [2.75, 3.05) is 6.61 Å². The van der Waals surface area contributed by atoms with Crippen LogP contribution in [0.1, 0.15) is 53.9 Å². The maximum atomic E-state index is 8.89. The van der Waals surface area contributed by atoms with E-state index in [0.717, 1.165) is 5.57 Å². The Hall–Kier alpha value is -0.990. The molecular weight excluding hydrogens is 317 g/mol. The van der Waals surface area contributed by atoms with Gasteiger partial charge in [0.2, 0.25) is 8.53 Å². The average Bonchev–Trinajstić information content (AvgIpc) is 2.45.